The van der Waals surface area contributed by atoms with Gasteiger partial charge in [0.1, 0.15) is 12.1 Å². The number of methoxy groups -OCH3 is 3. The third-order valence-corrected chi connectivity index (χ3v) is 11.5. The zero-order chi connectivity index (χ0) is 39.8. The van der Waals surface area contributed by atoms with Crippen molar-refractivity contribution in [2.24, 2.45) is 23.5 Å². The Morgan fingerprint density at radius 1 is 1.00 bits per heavy atom. The molecule has 8 unspecified atom stereocenters. The highest BCUT2D eigenvalue weighted by Gasteiger charge is 2.55. The minimum atomic E-state index is -1.17. The summed E-state index contributed by atoms with van der Waals surface area (Å²) in [6, 6.07) is 7.11. The first-order valence-electron chi connectivity index (χ1n) is 19.0. The Labute approximate surface area is 316 Å². The highest BCUT2D eigenvalue weighted by molar-refractivity contribution is 5.92. The first kappa shape index (κ1) is 43.9. The summed E-state index contributed by atoms with van der Waals surface area (Å²) in [7, 11) is 6.08. The Kier molecular flexibility index (Phi) is 15.4. The molecular weight excluding hydrogens is 678 g/mol. The molecule has 1 aliphatic carbocycles. The van der Waals surface area contributed by atoms with Gasteiger partial charge in [0.15, 0.2) is 0 Å². The van der Waals surface area contributed by atoms with Crippen LogP contribution in [-0.4, -0.2) is 116 Å². The van der Waals surface area contributed by atoms with Gasteiger partial charge in [0.05, 0.1) is 49.3 Å². The van der Waals surface area contributed by atoms with E-state index in [0.717, 1.165) is 24.8 Å². The molecule has 1 saturated heterocycles. The fourth-order valence-corrected chi connectivity index (χ4v) is 7.83. The fraction of sp³-hybridized carbons (Fsp3) is 0.725. The van der Waals surface area contributed by atoms with Crippen molar-refractivity contribution in [1.29, 1.82) is 0 Å². The number of likely N-dealkylation sites (N-methyl/N-ethyl adjacent to an activating group) is 1. The van der Waals surface area contributed by atoms with E-state index in [9.17, 15) is 24.0 Å². The second-order valence-corrected chi connectivity index (χ2v) is 16.0. The molecule has 2 aliphatic rings. The number of carbonyl (C=O) groups excluding carboxylic acids is 5. The molecule has 53 heavy (non-hydrogen) atoms. The molecule has 1 heterocycles. The first-order chi connectivity index (χ1) is 24.9. The number of carbonyl (C=O) groups is 5. The number of ether oxygens (including phenoxy) is 3. The van der Waals surface area contributed by atoms with Crippen LogP contribution in [0.25, 0.3) is 0 Å². The number of rotatable bonds is 19. The molecule has 298 valence electrons. The second-order valence-electron chi connectivity index (χ2n) is 16.0. The number of esters is 1. The summed E-state index contributed by atoms with van der Waals surface area (Å²) >= 11 is 0. The van der Waals surface area contributed by atoms with Crippen LogP contribution < -0.4 is 16.4 Å². The van der Waals surface area contributed by atoms with E-state index in [-0.39, 0.29) is 36.0 Å². The van der Waals surface area contributed by atoms with Gasteiger partial charge in [0.25, 0.3) is 0 Å². The maximum atomic E-state index is 14.2. The number of hydrogen-bond acceptors (Lipinski definition) is 9. The van der Waals surface area contributed by atoms with Gasteiger partial charge in [-0.2, -0.15) is 0 Å². The van der Waals surface area contributed by atoms with Crippen LogP contribution in [0.5, 0.6) is 0 Å². The predicted molar refractivity (Wildman–Crippen MR) is 202 cm³/mol. The largest absolute Gasteiger partial charge is 0.467 e. The van der Waals surface area contributed by atoms with Crippen LogP contribution in [0.3, 0.4) is 0 Å². The summed E-state index contributed by atoms with van der Waals surface area (Å²) in [4.78, 5) is 71.4. The van der Waals surface area contributed by atoms with Crippen molar-refractivity contribution < 1.29 is 38.2 Å². The van der Waals surface area contributed by atoms with Gasteiger partial charge in [-0.25, -0.2) is 4.79 Å². The van der Waals surface area contributed by atoms with Crippen LogP contribution in [0.1, 0.15) is 92.6 Å². The summed E-state index contributed by atoms with van der Waals surface area (Å²) in [6.07, 6.45) is 2.24. The third kappa shape index (κ3) is 10.2. The molecule has 4 N–H and O–H groups in total. The molecule has 0 radical (unpaired) electrons. The summed E-state index contributed by atoms with van der Waals surface area (Å²) in [6.45, 7) is 13.2. The molecular formula is C40H65N5O8. The van der Waals surface area contributed by atoms with E-state index in [1.54, 1.807) is 37.6 Å². The summed E-state index contributed by atoms with van der Waals surface area (Å²) in [5, 5.41) is 5.83. The molecule has 8 atom stereocenters. The van der Waals surface area contributed by atoms with E-state index in [1.165, 1.54) is 21.3 Å². The van der Waals surface area contributed by atoms with Crippen molar-refractivity contribution in [3.8, 4) is 0 Å². The smallest absolute Gasteiger partial charge is 0.329 e. The van der Waals surface area contributed by atoms with Crippen molar-refractivity contribution >= 4 is 29.6 Å². The van der Waals surface area contributed by atoms with Gasteiger partial charge in [-0.1, -0.05) is 71.4 Å². The standard InChI is InChI=1S/C40H65N5O8/c1-12-25(4)32(44(8)36(48)31(24(2)3)42-38(50)39(6,7)41)29(51-9)23-30(46)45-22-16-19-28(45)33(52-10)26(5)35(47)43-34(37(49)53-11)40(20-21-40)27-17-14-13-15-18-27/h13-15,17-18,24-26,28-29,31-34H,12,16,19-23,41H2,1-11H3,(H,42,50)(H,43,47). The quantitative estimate of drug-likeness (QED) is 0.180. The lowest BCUT2D eigenvalue weighted by Crippen LogP contribution is -2.60. The zero-order valence-corrected chi connectivity index (χ0v) is 33.8. The monoisotopic (exact) mass is 743 g/mol. The molecule has 0 aromatic heterocycles. The number of hydrogen-bond donors (Lipinski definition) is 3. The zero-order valence-electron chi connectivity index (χ0n) is 33.8. The van der Waals surface area contributed by atoms with Crippen molar-refractivity contribution in [1.82, 2.24) is 20.4 Å². The van der Waals surface area contributed by atoms with Crippen LogP contribution in [0.4, 0.5) is 0 Å². The van der Waals surface area contributed by atoms with E-state index in [1.807, 2.05) is 58.0 Å². The molecule has 1 aliphatic heterocycles. The van der Waals surface area contributed by atoms with Gasteiger partial charge in [0.2, 0.25) is 23.6 Å². The minimum absolute atomic E-state index is 0.00478. The van der Waals surface area contributed by atoms with E-state index in [4.69, 9.17) is 19.9 Å². The number of likely N-dealkylation sites (tertiary alicyclic amines) is 1. The maximum absolute atomic E-state index is 14.2. The number of nitrogens with zero attached hydrogens (tertiary/aromatic N) is 2. The van der Waals surface area contributed by atoms with Crippen LogP contribution in [0.15, 0.2) is 30.3 Å². The number of nitrogens with two attached hydrogens (primary N) is 1. The first-order valence-corrected chi connectivity index (χ1v) is 19.0. The molecule has 13 heteroatoms. The van der Waals surface area contributed by atoms with Gasteiger partial charge in [-0.05, 0) is 56.9 Å². The number of nitrogens with one attached hydrogen (secondary N) is 2. The Morgan fingerprint density at radius 2 is 1.62 bits per heavy atom. The minimum Gasteiger partial charge on any atom is -0.467 e. The van der Waals surface area contributed by atoms with Crippen LogP contribution in [0.2, 0.25) is 0 Å². The van der Waals surface area contributed by atoms with Gasteiger partial charge in [0, 0.05) is 33.2 Å². The molecule has 0 bridgehead atoms. The molecule has 1 aromatic rings. The molecule has 13 nitrogen and oxygen atoms in total. The molecule has 4 amide bonds. The molecule has 1 saturated carbocycles. The Morgan fingerprint density at radius 3 is 2.11 bits per heavy atom. The highest BCUT2D eigenvalue weighted by atomic mass is 16.5. The van der Waals surface area contributed by atoms with Crippen molar-refractivity contribution in [2.75, 3.05) is 34.9 Å². The SMILES string of the molecule is CCC(C)C(C(CC(=O)N1CCCC1C(OC)C(C)C(=O)NC(C(=O)OC)C1(c2ccccc2)CC1)OC)N(C)C(=O)C(NC(=O)C(C)(C)N)C(C)C. The van der Waals surface area contributed by atoms with E-state index >= 15 is 0 Å². The van der Waals surface area contributed by atoms with Crippen molar-refractivity contribution in [3.63, 3.8) is 0 Å². The Hall–Kier alpha value is -3.55. The van der Waals surface area contributed by atoms with E-state index in [0.29, 0.717) is 19.4 Å². The van der Waals surface area contributed by atoms with E-state index < -0.39 is 65.1 Å². The third-order valence-electron chi connectivity index (χ3n) is 11.5. The Balaban J connectivity index is 1.80. The summed E-state index contributed by atoms with van der Waals surface area (Å²) < 4.78 is 17.1. The maximum Gasteiger partial charge on any atom is 0.329 e. The highest BCUT2D eigenvalue weighted by Crippen LogP contribution is 2.51. The average molecular weight is 744 g/mol. The normalized spacial score (nSPS) is 20.7. The van der Waals surface area contributed by atoms with Crippen LogP contribution in [-0.2, 0) is 43.6 Å². The van der Waals surface area contributed by atoms with Crippen LogP contribution in [0, 0.1) is 17.8 Å². The van der Waals surface area contributed by atoms with Crippen LogP contribution >= 0.6 is 0 Å². The topological polar surface area (TPSA) is 170 Å². The summed E-state index contributed by atoms with van der Waals surface area (Å²) in [5.41, 5.74) is 5.29. The van der Waals surface area contributed by atoms with Gasteiger partial charge in [-0.15, -0.1) is 0 Å². The lowest BCUT2D eigenvalue weighted by molar-refractivity contribution is -0.149. The number of amides is 4. The summed E-state index contributed by atoms with van der Waals surface area (Å²) in [5.74, 6) is -2.72. The lowest BCUT2D eigenvalue weighted by Gasteiger charge is -2.41. The predicted octanol–water partition coefficient (Wildman–Crippen LogP) is 3.17. The van der Waals surface area contributed by atoms with Crippen molar-refractivity contribution in [3.05, 3.63) is 35.9 Å². The lowest BCUT2D eigenvalue weighted by atomic mass is 9.86. The molecule has 0 spiro atoms. The van der Waals surface area contributed by atoms with Crippen molar-refractivity contribution in [2.45, 2.75) is 134 Å². The fourth-order valence-electron chi connectivity index (χ4n) is 7.83. The molecule has 1 aromatic carbocycles. The Bertz CT molecular complexity index is 1410. The van der Waals surface area contributed by atoms with Gasteiger partial charge >= 0.3 is 5.97 Å². The molecule has 3 rings (SSSR count). The molecule has 2 fully saturated rings. The van der Waals surface area contributed by atoms with Gasteiger partial charge < -0.3 is 40.4 Å². The van der Waals surface area contributed by atoms with Gasteiger partial charge in [-0.3, -0.25) is 19.2 Å². The van der Waals surface area contributed by atoms with E-state index in [2.05, 4.69) is 10.6 Å². The number of benzene rings is 1. The second kappa shape index (κ2) is 18.7. The average Bonchev–Trinajstić information content (AvgIpc) is 3.80.